The average Bonchev–Trinajstić information content (AvgIpc) is 3.29. The molecule has 2 saturated heterocycles. The van der Waals surface area contributed by atoms with E-state index in [4.69, 9.17) is 4.99 Å². The van der Waals surface area contributed by atoms with Crippen LogP contribution in [0.25, 0.3) is 0 Å². The van der Waals surface area contributed by atoms with E-state index in [2.05, 4.69) is 46.0 Å². The normalized spacial score (nSPS) is 28.4. The zero-order chi connectivity index (χ0) is 16.8. The summed E-state index contributed by atoms with van der Waals surface area (Å²) >= 11 is 0. The molecule has 2 atom stereocenters. The SMILES string of the molecule is CCNC(=NCC1CCCCN1CC)N1CCC(N2CC=CC2)C1.I. The van der Waals surface area contributed by atoms with Gasteiger partial charge in [-0.15, -0.1) is 24.0 Å². The van der Waals surface area contributed by atoms with E-state index < -0.39 is 0 Å². The summed E-state index contributed by atoms with van der Waals surface area (Å²) in [6, 6.07) is 1.32. The van der Waals surface area contributed by atoms with Crippen molar-refractivity contribution in [2.24, 2.45) is 4.99 Å². The summed E-state index contributed by atoms with van der Waals surface area (Å²) in [7, 11) is 0. The van der Waals surface area contributed by atoms with Crippen molar-refractivity contribution >= 4 is 29.9 Å². The average molecular weight is 461 g/mol. The van der Waals surface area contributed by atoms with Gasteiger partial charge in [0.05, 0.1) is 6.54 Å². The first kappa shape index (κ1) is 21.0. The molecular weight excluding hydrogens is 425 g/mol. The van der Waals surface area contributed by atoms with E-state index in [1.165, 1.54) is 32.2 Å². The van der Waals surface area contributed by atoms with Gasteiger partial charge in [-0.25, -0.2) is 0 Å². The number of nitrogens with zero attached hydrogens (tertiary/aromatic N) is 4. The van der Waals surface area contributed by atoms with Crippen molar-refractivity contribution in [1.29, 1.82) is 0 Å². The van der Waals surface area contributed by atoms with Gasteiger partial charge in [-0.2, -0.15) is 0 Å². The highest BCUT2D eigenvalue weighted by molar-refractivity contribution is 14.0. The van der Waals surface area contributed by atoms with Crippen LogP contribution in [0, 0.1) is 0 Å². The smallest absolute Gasteiger partial charge is 0.194 e. The Hall–Kier alpha value is -0.340. The minimum absolute atomic E-state index is 0. The van der Waals surface area contributed by atoms with Crippen LogP contribution in [-0.2, 0) is 0 Å². The molecule has 0 radical (unpaired) electrons. The van der Waals surface area contributed by atoms with Crippen LogP contribution in [-0.4, -0.2) is 85.1 Å². The summed E-state index contributed by atoms with van der Waals surface area (Å²) in [4.78, 5) is 12.7. The van der Waals surface area contributed by atoms with Gasteiger partial charge < -0.3 is 10.2 Å². The molecule has 0 saturated carbocycles. The van der Waals surface area contributed by atoms with Gasteiger partial charge in [0.1, 0.15) is 0 Å². The molecule has 1 N–H and O–H groups in total. The van der Waals surface area contributed by atoms with Crippen LogP contribution in [0.1, 0.15) is 39.5 Å². The molecule has 6 heteroatoms. The summed E-state index contributed by atoms with van der Waals surface area (Å²) < 4.78 is 0. The molecule has 3 aliphatic rings. The Labute approximate surface area is 170 Å². The minimum atomic E-state index is 0. The monoisotopic (exact) mass is 461 g/mol. The molecule has 0 amide bonds. The number of nitrogens with one attached hydrogen (secondary N) is 1. The van der Waals surface area contributed by atoms with Crippen LogP contribution in [0.15, 0.2) is 17.1 Å². The van der Waals surface area contributed by atoms with Gasteiger partial charge in [0, 0.05) is 44.8 Å². The second-order valence-corrected chi connectivity index (χ2v) is 7.29. The van der Waals surface area contributed by atoms with Gasteiger partial charge in [0.25, 0.3) is 0 Å². The highest BCUT2D eigenvalue weighted by atomic mass is 127. The Morgan fingerprint density at radius 1 is 1.12 bits per heavy atom. The second kappa shape index (κ2) is 10.7. The fourth-order valence-electron chi connectivity index (χ4n) is 4.33. The Morgan fingerprint density at radius 2 is 1.92 bits per heavy atom. The van der Waals surface area contributed by atoms with Crippen molar-refractivity contribution in [2.75, 3.05) is 52.4 Å². The molecule has 3 rings (SSSR count). The quantitative estimate of drug-likeness (QED) is 0.295. The largest absolute Gasteiger partial charge is 0.357 e. The Bertz CT molecular complexity index is 445. The molecule has 0 aromatic heterocycles. The molecule has 0 spiro atoms. The van der Waals surface area contributed by atoms with Crippen molar-refractivity contribution in [3.63, 3.8) is 0 Å². The minimum Gasteiger partial charge on any atom is -0.357 e. The third kappa shape index (κ3) is 5.57. The van der Waals surface area contributed by atoms with E-state index in [9.17, 15) is 0 Å². The van der Waals surface area contributed by atoms with Gasteiger partial charge in [0.15, 0.2) is 5.96 Å². The highest BCUT2D eigenvalue weighted by Gasteiger charge is 2.30. The van der Waals surface area contributed by atoms with Crippen molar-refractivity contribution in [3.8, 4) is 0 Å². The standard InChI is InChI=1S/C19H35N5.HI/c1-3-20-19(21-15-17-9-5-6-11-22(17)4-2)24-14-10-18(16-24)23-12-7-8-13-23;/h7-8,17-18H,3-6,9-16H2,1-2H3,(H,20,21);1H. The summed E-state index contributed by atoms with van der Waals surface area (Å²) in [6.07, 6.45) is 9.87. The summed E-state index contributed by atoms with van der Waals surface area (Å²) in [5.74, 6) is 1.13. The van der Waals surface area contributed by atoms with E-state index in [0.29, 0.717) is 12.1 Å². The Kier molecular flexibility index (Phi) is 8.99. The topological polar surface area (TPSA) is 34.1 Å². The first-order valence-electron chi connectivity index (χ1n) is 9.98. The lowest BCUT2D eigenvalue weighted by Crippen LogP contribution is -2.45. The maximum absolute atomic E-state index is 5.03. The Morgan fingerprint density at radius 3 is 2.64 bits per heavy atom. The molecule has 3 aliphatic heterocycles. The summed E-state index contributed by atoms with van der Waals surface area (Å²) in [5, 5.41) is 3.53. The fourth-order valence-corrected chi connectivity index (χ4v) is 4.33. The van der Waals surface area contributed by atoms with E-state index in [-0.39, 0.29) is 24.0 Å². The van der Waals surface area contributed by atoms with Gasteiger partial charge in [-0.1, -0.05) is 25.5 Å². The summed E-state index contributed by atoms with van der Waals surface area (Å²) in [5.41, 5.74) is 0. The van der Waals surface area contributed by atoms with Crippen molar-refractivity contribution in [2.45, 2.75) is 51.6 Å². The molecule has 5 nitrogen and oxygen atoms in total. The van der Waals surface area contributed by atoms with Gasteiger partial charge in [-0.05, 0) is 39.3 Å². The molecule has 2 unspecified atom stereocenters. The first-order valence-corrected chi connectivity index (χ1v) is 9.98. The Balaban J connectivity index is 0.00000225. The van der Waals surface area contributed by atoms with Crippen LogP contribution < -0.4 is 5.32 Å². The van der Waals surface area contributed by atoms with Crippen molar-refractivity contribution < 1.29 is 0 Å². The molecule has 25 heavy (non-hydrogen) atoms. The molecule has 0 aromatic carbocycles. The number of hydrogen-bond donors (Lipinski definition) is 1. The van der Waals surface area contributed by atoms with E-state index in [0.717, 1.165) is 51.8 Å². The number of hydrogen-bond acceptors (Lipinski definition) is 3. The molecule has 144 valence electrons. The van der Waals surface area contributed by atoms with Crippen molar-refractivity contribution in [1.82, 2.24) is 20.0 Å². The molecule has 2 fully saturated rings. The van der Waals surface area contributed by atoms with Crippen LogP contribution in [0.3, 0.4) is 0 Å². The number of likely N-dealkylation sites (N-methyl/N-ethyl adjacent to an activating group) is 1. The van der Waals surface area contributed by atoms with Crippen LogP contribution >= 0.6 is 24.0 Å². The van der Waals surface area contributed by atoms with Gasteiger partial charge >= 0.3 is 0 Å². The maximum Gasteiger partial charge on any atom is 0.194 e. The predicted molar refractivity (Wildman–Crippen MR) is 117 cm³/mol. The van der Waals surface area contributed by atoms with Crippen molar-refractivity contribution in [3.05, 3.63) is 12.2 Å². The van der Waals surface area contributed by atoms with Gasteiger partial charge in [-0.3, -0.25) is 14.8 Å². The molecule has 0 aromatic rings. The van der Waals surface area contributed by atoms with Gasteiger partial charge in [0.2, 0.25) is 0 Å². The summed E-state index contributed by atoms with van der Waals surface area (Å²) in [6.45, 7) is 13.3. The van der Waals surface area contributed by atoms with E-state index in [1.807, 2.05) is 0 Å². The second-order valence-electron chi connectivity index (χ2n) is 7.29. The number of rotatable bonds is 5. The number of aliphatic imine (C=N–C) groups is 1. The molecule has 0 bridgehead atoms. The lowest BCUT2D eigenvalue weighted by Gasteiger charge is -2.34. The zero-order valence-corrected chi connectivity index (χ0v) is 18.3. The maximum atomic E-state index is 5.03. The number of guanidine groups is 1. The third-order valence-corrected chi connectivity index (χ3v) is 5.77. The number of halogens is 1. The van der Waals surface area contributed by atoms with Crippen LogP contribution in [0.2, 0.25) is 0 Å². The van der Waals surface area contributed by atoms with E-state index in [1.54, 1.807) is 0 Å². The lowest BCUT2D eigenvalue weighted by molar-refractivity contribution is 0.161. The lowest BCUT2D eigenvalue weighted by atomic mass is 10.0. The molecule has 0 aliphatic carbocycles. The van der Waals surface area contributed by atoms with Crippen LogP contribution in [0.5, 0.6) is 0 Å². The molecule has 3 heterocycles. The highest BCUT2D eigenvalue weighted by Crippen LogP contribution is 2.19. The number of likely N-dealkylation sites (tertiary alicyclic amines) is 2. The van der Waals surface area contributed by atoms with E-state index >= 15 is 0 Å². The first-order chi connectivity index (χ1) is 11.8. The van der Waals surface area contributed by atoms with Crippen LogP contribution in [0.4, 0.5) is 0 Å². The number of piperidine rings is 1. The third-order valence-electron chi connectivity index (χ3n) is 5.77. The fraction of sp³-hybridized carbons (Fsp3) is 0.842. The molecular formula is C19H36IN5. The zero-order valence-electron chi connectivity index (χ0n) is 16.0. The predicted octanol–water partition coefficient (Wildman–Crippen LogP) is 2.39.